The van der Waals surface area contributed by atoms with Crippen molar-refractivity contribution in [2.24, 2.45) is 0 Å². The van der Waals surface area contributed by atoms with E-state index in [1.165, 1.54) is 0 Å². The summed E-state index contributed by atoms with van der Waals surface area (Å²) in [5.74, 6) is -0.740. The Kier molecular flexibility index (Phi) is 5.93. The van der Waals surface area contributed by atoms with Crippen LogP contribution in [0.15, 0.2) is 11.4 Å². The van der Waals surface area contributed by atoms with Crippen molar-refractivity contribution in [1.29, 1.82) is 0 Å². The first-order chi connectivity index (χ1) is 5.95. The van der Waals surface area contributed by atoms with Gasteiger partial charge in [-0.05, 0) is 5.38 Å². The zero-order chi connectivity index (χ0) is 10.1. The first-order valence-corrected chi connectivity index (χ1v) is 4.20. The summed E-state index contributed by atoms with van der Waals surface area (Å²) in [6.07, 6.45) is 0. The van der Waals surface area contributed by atoms with Gasteiger partial charge >= 0.3 is 64.3 Å². The molecule has 1 aromatic heterocycles. The van der Waals surface area contributed by atoms with Gasteiger partial charge in [0, 0.05) is 0 Å². The Balaban J connectivity index is 0.00000169. The van der Waals surface area contributed by atoms with Crippen LogP contribution in [0.25, 0.3) is 0 Å². The van der Waals surface area contributed by atoms with E-state index < -0.39 is 18.4 Å². The Bertz CT molecular complexity index is 325. The van der Waals surface area contributed by atoms with Gasteiger partial charge in [-0.2, -0.15) is 0 Å². The molecule has 0 aliphatic rings. The minimum atomic E-state index is -5.02. The summed E-state index contributed by atoms with van der Waals surface area (Å²) < 4.78 is 40.5. The molecular weight excluding hydrogens is 243 g/mol. The normalized spacial score (nSPS) is 10.6. The van der Waals surface area contributed by atoms with Crippen LogP contribution >= 0.6 is 11.3 Å². The summed E-state index contributed by atoms with van der Waals surface area (Å²) in [5, 5.41) is 0.909. The van der Waals surface area contributed by atoms with Crippen molar-refractivity contribution in [3.63, 3.8) is 0 Å². The third-order valence-corrected chi connectivity index (χ3v) is 2.31. The molecule has 0 N–H and O–H groups in total. The monoisotopic (exact) mass is 248 g/mol. The summed E-state index contributed by atoms with van der Waals surface area (Å²) in [6.45, 7) is -5.02. The van der Waals surface area contributed by atoms with Gasteiger partial charge in [0.25, 0.3) is 0 Å². The molecule has 0 aliphatic carbocycles. The number of carbonyl (C=O) groups excluding carboxylic acids is 1. The standard InChI is InChI=1S/C6H5BF3O2S.K/c1-12-6(11)5-2-4(3-13-5)7(8,9)10;/h2-3H,1H3;/q-1;+1. The second-order valence-corrected chi connectivity index (χ2v) is 3.22. The summed E-state index contributed by atoms with van der Waals surface area (Å²) >= 11 is 0.730. The Morgan fingerprint density at radius 1 is 1.50 bits per heavy atom. The number of methoxy groups -OCH3 is 1. The third-order valence-electron chi connectivity index (χ3n) is 1.38. The maximum Gasteiger partial charge on any atom is 1.00 e. The molecule has 0 unspecified atom stereocenters. The maximum atomic E-state index is 12.1. The van der Waals surface area contributed by atoms with Crippen LogP contribution < -0.4 is 56.8 Å². The summed E-state index contributed by atoms with van der Waals surface area (Å²) in [6, 6.07) is 0.802. The molecule has 2 nitrogen and oxygen atoms in total. The van der Waals surface area contributed by atoms with Crippen LogP contribution in [-0.4, -0.2) is 20.1 Å². The minimum absolute atomic E-state index is 0. The first kappa shape index (κ1) is 14.7. The van der Waals surface area contributed by atoms with E-state index in [0.29, 0.717) is 0 Å². The van der Waals surface area contributed by atoms with Crippen LogP contribution in [0.1, 0.15) is 9.67 Å². The molecule has 1 heterocycles. The second kappa shape index (κ2) is 5.67. The molecule has 1 aromatic rings. The molecule has 1 rings (SSSR count). The van der Waals surface area contributed by atoms with Crippen molar-refractivity contribution in [3.8, 4) is 0 Å². The van der Waals surface area contributed by atoms with Crippen molar-refractivity contribution in [1.82, 2.24) is 0 Å². The summed E-state index contributed by atoms with van der Waals surface area (Å²) in [7, 11) is 1.13. The molecule has 0 fully saturated rings. The van der Waals surface area contributed by atoms with Crippen LogP contribution in [0, 0.1) is 0 Å². The maximum absolute atomic E-state index is 12.1. The molecule has 0 bridgehead atoms. The Morgan fingerprint density at radius 3 is 2.43 bits per heavy atom. The molecular formula is C6H5BF3KO2S. The average Bonchev–Trinajstić information content (AvgIpc) is 2.50. The SMILES string of the molecule is COC(=O)c1cc([B-](F)(F)F)cs1.[K+]. The van der Waals surface area contributed by atoms with Gasteiger partial charge < -0.3 is 17.7 Å². The summed E-state index contributed by atoms with van der Waals surface area (Å²) in [4.78, 5) is 10.8. The largest absolute Gasteiger partial charge is 1.00 e. The van der Waals surface area contributed by atoms with E-state index in [2.05, 4.69) is 4.74 Å². The molecule has 0 aromatic carbocycles. The van der Waals surface area contributed by atoms with E-state index in [9.17, 15) is 17.7 Å². The second-order valence-electron chi connectivity index (χ2n) is 2.31. The molecule has 0 radical (unpaired) electrons. The molecule has 72 valence electrons. The van der Waals surface area contributed by atoms with Gasteiger partial charge in [0.15, 0.2) is 0 Å². The van der Waals surface area contributed by atoms with Gasteiger partial charge in [-0.15, -0.1) is 11.3 Å². The number of ether oxygens (including phenoxy) is 1. The van der Waals surface area contributed by atoms with Crippen molar-refractivity contribution < 1.29 is 73.9 Å². The van der Waals surface area contributed by atoms with Crippen LogP contribution in [-0.2, 0) is 4.74 Å². The number of esters is 1. The van der Waals surface area contributed by atoms with Crippen LogP contribution in [0.5, 0.6) is 0 Å². The topological polar surface area (TPSA) is 26.3 Å². The van der Waals surface area contributed by atoms with E-state index in [1.807, 2.05) is 0 Å². The fourth-order valence-electron chi connectivity index (χ4n) is 0.730. The van der Waals surface area contributed by atoms with Crippen molar-refractivity contribution in [3.05, 3.63) is 16.3 Å². The molecule has 0 saturated heterocycles. The molecule has 8 heteroatoms. The zero-order valence-corrected chi connectivity index (χ0v) is 11.5. The molecule has 14 heavy (non-hydrogen) atoms. The zero-order valence-electron chi connectivity index (χ0n) is 7.59. The van der Waals surface area contributed by atoms with E-state index >= 15 is 0 Å². The molecule has 0 atom stereocenters. The summed E-state index contributed by atoms with van der Waals surface area (Å²) in [5.41, 5.74) is -0.759. The van der Waals surface area contributed by atoms with E-state index in [4.69, 9.17) is 0 Å². The van der Waals surface area contributed by atoms with Crippen LogP contribution in [0.2, 0.25) is 0 Å². The quantitative estimate of drug-likeness (QED) is 0.475. The number of halogens is 3. The Hall–Kier alpha value is 0.661. The number of hydrogen-bond donors (Lipinski definition) is 0. The van der Waals surface area contributed by atoms with Crippen molar-refractivity contribution >= 4 is 29.7 Å². The van der Waals surface area contributed by atoms with Crippen LogP contribution in [0.4, 0.5) is 12.9 Å². The minimum Gasteiger partial charge on any atom is -0.465 e. The van der Waals surface area contributed by atoms with Gasteiger partial charge in [-0.25, -0.2) is 4.79 Å². The molecule has 0 spiro atoms. The van der Waals surface area contributed by atoms with Gasteiger partial charge in [-0.3, -0.25) is 0 Å². The number of carbonyl (C=O) groups is 1. The first-order valence-electron chi connectivity index (χ1n) is 3.32. The Morgan fingerprint density at radius 2 is 2.07 bits per heavy atom. The fourth-order valence-corrected chi connectivity index (χ4v) is 1.60. The third kappa shape index (κ3) is 3.67. The van der Waals surface area contributed by atoms with E-state index in [-0.39, 0.29) is 56.3 Å². The van der Waals surface area contributed by atoms with Gasteiger partial charge in [0.1, 0.15) is 4.88 Å². The van der Waals surface area contributed by atoms with Crippen molar-refractivity contribution in [2.45, 2.75) is 0 Å². The van der Waals surface area contributed by atoms with Gasteiger partial charge in [0.05, 0.1) is 7.11 Å². The number of hydrogen-bond acceptors (Lipinski definition) is 3. The molecule has 0 saturated carbocycles. The fraction of sp³-hybridized carbons (Fsp3) is 0.167. The number of thiophene rings is 1. The van der Waals surface area contributed by atoms with E-state index in [0.717, 1.165) is 29.9 Å². The Labute approximate surface area is 125 Å². The van der Waals surface area contributed by atoms with Crippen LogP contribution in [0.3, 0.4) is 0 Å². The average molecular weight is 248 g/mol. The van der Waals surface area contributed by atoms with Gasteiger partial charge in [0.2, 0.25) is 0 Å². The van der Waals surface area contributed by atoms with Gasteiger partial charge in [-0.1, -0.05) is 11.5 Å². The number of rotatable bonds is 2. The predicted octanol–water partition coefficient (Wildman–Crippen LogP) is -1.41. The smallest absolute Gasteiger partial charge is 0.465 e. The van der Waals surface area contributed by atoms with Crippen molar-refractivity contribution in [2.75, 3.05) is 7.11 Å². The predicted molar refractivity (Wildman–Crippen MR) is 44.4 cm³/mol. The molecule has 0 amide bonds. The van der Waals surface area contributed by atoms with E-state index in [1.54, 1.807) is 0 Å². The molecule has 0 aliphatic heterocycles.